The van der Waals surface area contributed by atoms with Crippen LogP contribution in [0.2, 0.25) is 0 Å². The van der Waals surface area contributed by atoms with E-state index in [1.165, 1.54) is 64.2 Å². The fraction of sp³-hybridized carbons (Fsp3) is 0.606. The zero-order valence-corrected chi connectivity index (χ0v) is 23.8. The summed E-state index contributed by atoms with van der Waals surface area (Å²) in [6, 6.07) is 14.5. The van der Waals surface area contributed by atoms with Gasteiger partial charge >= 0.3 is 5.97 Å². The van der Waals surface area contributed by atoms with Crippen LogP contribution >= 0.6 is 0 Å². The molecule has 0 amide bonds. The number of ether oxygens (including phenoxy) is 4. The first-order chi connectivity index (χ1) is 18.6. The topological polar surface area (TPSA) is 54.0 Å². The second-order valence-corrected chi connectivity index (χ2v) is 10.8. The summed E-state index contributed by atoms with van der Waals surface area (Å²) < 4.78 is 23.3. The van der Waals surface area contributed by atoms with E-state index < -0.39 is 5.97 Å². The van der Waals surface area contributed by atoms with Gasteiger partial charge in [0.05, 0.1) is 25.4 Å². The number of hydrogen-bond acceptors (Lipinski definition) is 5. The lowest BCUT2D eigenvalue weighted by atomic mass is 10.0. The predicted molar refractivity (Wildman–Crippen MR) is 153 cm³/mol. The summed E-state index contributed by atoms with van der Waals surface area (Å²) in [6.07, 6.45) is 14.0. The minimum absolute atomic E-state index is 0.359. The molecule has 2 aromatic rings. The Morgan fingerprint density at radius 2 is 1.39 bits per heavy atom. The molecule has 5 heteroatoms. The molecule has 1 aliphatic rings. The summed E-state index contributed by atoms with van der Waals surface area (Å²) in [5.41, 5.74) is 1.43. The lowest BCUT2D eigenvalue weighted by Crippen LogP contribution is -2.27. The van der Waals surface area contributed by atoms with Gasteiger partial charge < -0.3 is 18.9 Å². The first-order valence-corrected chi connectivity index (χ1v) is 14.9. The van der Waals surface area contributed by atoms with Gasteiger partial charge in [-0.25, -0.2) is 4.79 Å². The molecule has 0 aliphatic carbocycles. The van der Waals surface area contributed by atoms with E-state index in [4.69, 9.17) is 18.9 Å². The summed E-state index contributed by atoms with van der Waals surface area (Å²) >= 11 is 0. The molecule has 1 heterocycles. The van der Waals surface area contributed by atoms with Gasteiger partial charge in [-0.2, -0.15) is 0 Å². The van der Waals surface area contributed by atoms with Gasteiger partial charge in [0, 0.05) is 11.5 Å². The third kappa shape index (κ3) is 10.8. The van der Waals surface area contributed by atoms with E-state index in [0.717, 1.165) is 30.9 Å². The van der Waals surface area contributed by atoms with Crippen molar-refractivity contribution < 1.29 is 23.7 Å². The van der Waals surface area contributed by atoms with Crippen LogP contribution in [0.1, 0.15) is 114 Å². The van der Waals surface area contributed by atoms with Crippen LogP contribution in [0.25, 0.3) is 0 Å². The van der Waals surface area contributed by atoms with Crippen LogP contribution in [0.3, 0.4) is 0 Å². The number of benzene rings is 2. The van der Waals surface area contributed by atoms with E-state index in [9.17, 15) is 4.79 Å². The van der Waals surface area contributed by atoms with Crippen molar-refractivity contribution in [2.45, 2.75) is 97.7 Å². The molecule has 1 atom stereocenters. The summed E-state index contributed by atoms with van der Waals surface area (Å²) in [6.45, 7) is 8.69. The molecule has 1 unspecified atom stereocenters. The first-order valence-electron chi connectivity index (χ1n) is 14.9. The Balaban J connectivity index is 1.32. The van der Waals surface area contributed by atoms with E-state index in [-0.39, 0.29) is 6.29 Å². The third-order valence-corrected chi connectivity index (χ3v) is 7.37. The molecule has 1 fully saturated rings. The Morgan fingerprint density at radius 1 is 0.816 bits per heavy atom. The quantitative estimate of drug-likeness (QED) is 0.117. The third-order valence-electron chi connectivity index (χ3n) is 7.37. The zero-order valence-electron chi connectivity index (χ0n) is 23.8. The number of carbonyl (C=O) groups is 1. The highest BCUT2D eigenvalue weighted by molar-refractivity contribution is 5.91. The van der Waals surface area contributed by atoms with Gasteiger partial charge in [-0.15, -0.1) is 0 Å². The van der Waals surface area contributed by atoms with Crippen molar-refractivity contribution in [3.63, 3.8) is 0 Å². The van der Waals surface area contributed by atoms with Gasteiger partial charge in [0.1, 0.15) is 11.5 Å². The Hall–Kier alpha value is -2.37. The molecule has 1 aliphatic heterocycles. The van der Waals surface area contributed by atoms with Gasteiger partial charge in [0.25, 0.3) is 0 Å². The van der Waals surface area contributed by atoms with Crippen molar-refractivity contribution in [2.75, 3.05) is 19.8 Å². The molecule has 0 spiro atoms. The van der Waals surface area contributed by atoms with Crippen molar-refractivity contribution in [1.82, 2.24) is 0 Å². The number of hydrogen-bond donors (Lipinski definition) is 0. The number of rotatable bonds is 17. The summed E-state index contributed by atoms with van der Waals surface area (Å²) in [7, 11) is 0. The van der Waals surface area contributed by atoms with Crippen molar-refractivity contribution in [3.8, 4) is 11.5 Å². The lowest BCUT2D eigenvalue weighted by Gasteiger charge is -2.29. The predicted octanol–water partition coefficient (Wildman–Crippen LogP) is 8.91. The second kappa shape index (κ2) is 17.3. The molecule has 0 saturated carbocycles. The van der Waals surface area contributed by atoms with E-state index >= 15 is 0 Å². The maximum atomic E-state index is 12.5. The lowest BCUT2D eigenvalue weighted by molar-refractivity contribution is -0.206. The molecule has 38 heavy (non-hydrogen) atoms. The van der Waals surface area contributed by atoms with E-state index in [0.29, 0.717) is 29.8 Å². The molecule has 210 valence electrons. The molecule has 3 rings (SSSR count). The van der Waals surface area contributed by atoms with Gasteiger partial charge in [0.2, 0.25) is 0 Å². The average molecular weight is 525 g/mol. The van der Waals surface area contributed by atoms with Gasteiger partial charge in [0.15, 0.2) is 6.29 Å². The molecule has 5 nitrogen and oxygen atoms in total. The minimum atomic E-state index is -0.393. The highest BCUT2D eigenvalue weighted by Crippen LogP contribution is 2.29. The Kier molecular flexibility index (Phi) is 13.7. The highest BCUT2D eigenvalue weighted by atomic mass is 16.7. The van der Waals surface area contributed by atoms with Crippen LogP contribution in [0.15, 0.2) is 48.5 Å². The smallest absolute Gasteiger partial charge is 0.343 e. The number of carbonyl (C=O) groups excluding carboxylic acids is 1. The maximum absolute atomic E-state index is 12.5. The molecule has 1 saturated heterocycles. The van der Waals surface area contributed by atoms with E-state index in [1.807, 2.05) is 24.3 Å². The number of esters is 1. The highest BCUT2D eigenvalue weighted by Gasteiger charge is 2.23. The monoisotopic (exact) mass is 524 g/mol. The fourth-order valence-corrected chi connectivity index (χ4v) is 4.55. The standard InChI is InChI=1S/C33H48O5/c1-4-6-7-8-9-10-11-12-13-14-27-24-36-33(37-25-27)29-17-21-31(22-18-29)38-32(34)28-15-19-30(20-16-28)35-23-26(3)5-2/h15-22,26-27,33H,4-14,23-25H2,1-3H3. The van der Waals surface area contributed by atoms with Crippen molar-refractivity contribution in [1.29, 1.82) is 0 Å². The van der Waals surface area contributed by atoms with Gasteiger partial charge in [-0.1, -0.05) is 97.1 Å². The van der Waals surface area contributed by atoms with E-state index in [1.54, 1.807) is 24.3 Å². The van der Waals surface area contributed by atoms with Crippen LogP contribution in [0.4, 0.5) is 0 Å². The maximum Gasteiger partial charge on any atom is 0.343 e. The molecule has 0 aromatic heterocycles. The second-order valence-electron chi connectivity index (χ2n) is 10.8. The summed E-state index contributed by atoms with van der Waals surface area (Å²) in [5.74, 6) is 1.83. The average Bonchev–Trinajstić information content (AvgIpc) is 2.96. The normalized spacial score (nSPS) is 18.2. The van der Waals surface area contributed by atoms with Gasteiger partial charge in [-0.3, -0.25) is 0 Å². The minimum Gasteiger partial charge on any atom is -0.493 e. The van der Waals surface area contributed by atoms with Crippen LogP contribution in [-0.2, 0) is 9.47 Å². The number of unbranched alkanes of at least 4 members (excludes halogenated alkanes) is 8. The zero-order chi connectivity index (χ0) is 27.0. The van der Waals surface area contributed by atoms with Crippen LogP contribution in [0.5, 0.6) is 11.5 Å². The molecular weight excluding hydrogens is 476 g/mol. The molecule has 2 aromatic carbocycles. The molecule has 0 bridgehead atoms. The van der Waals surface area contributed by atoms with Crippen LogP contribution < -0.4 is 9.47 Å². The SMILES string of the molecule is CCCCCCCCCCCC1COC(c2ccc(OC(=O)c3ccc(OCC(C)CC)cc3)cc2)OC1. The molecular formula is C33H48O5. The fourth-order valence-electron chi connectivity index (χ4n) is 4.55. The Labute approximate surface area is 230 Å². The Bertz CT molecular complexity index is 900. The Morgan fingerprint density at radius 3 is 2.00 bits per heavy atom. The van der Waals surface area contributed by atoms with Crippen LogP contribution in [0, 0.1) is 11.8 Å². The van der Waals surface area contributed by atoms with Crippen molar-refractivity contribution in [3.05, 3.63) is 59.7 Å². The molecule has 0 N–H and O–H groups in total. The summed E-state index contributed by atoms with van der Waals surface area (Å²) in [4.78, 5) is 12.5. The summed E-state index contributed by atoms with van der Waals surface area (Å²) in [5, 5.41) is 0. The van der Waals surface area contributed by atoms with Crippen molar-refractivity contribution in [2.24, 2.45) is 11.8 Å². The largest absolute Gasteiger partial charge is 0.493 e. The van der Waals surface area contributed by atoms with Crippen LogP contribution in [-0.4, -0.2) is 25.8 Å². The van der Waals surface area contributed by atoms with Crippen molar-refractivity contribution >= 4 is 5.97 Å². The first kappa shape index (κ1) is 30.2. The molecule has 0 radical (unpaired) electrons. The van der Waals surface area contributed by atoms with Gasteiger partial charge in [-0.05, 0) is 48.7 Å². The van der Waals surface area contributed by atoms with E-state index in [2.05, 4.69) is 20.8 Å².